The molecule has 1 aromatic rings. The van der Waals surface area contributed by atoms with Crippen LogP contribution in [0.2, 0.25) is 0 Å². The Hall–Kier alpha value is -1.21. The summed E-state index contributed by atoms with van der Waals surface area (Å²) in [6.45, 7) is 4.33. The van der Waals surface area contributed by atoms with Crippen LogP contribution in [-0.4, -0.2) is 30.6 Å². The molecule has 0 saturated carbocycles. The first-order chi connectivity index (χ1) is 9.04. The van der Waals surface area contributed by atoms with Gasteiger partial charge in [0.15, 0.2) is 0 Å². The molecule has 1 N–H and O–H groups in total. The van der Waals surface area contributed by atoms with Gasteiger partial charge in [-0.2, -0.15) is 0 Å². The maximum atomic E-state index is 13.5. The van der Waals surface area contributed by atoms with E-state index in [-0.39, 0.29) is 16.2 Å². The number of nitro benzene ring substituents is 1. The Labute approximate surface area is 119 Å². The second kappa shape index (κ2) is 5.83. The van der Waals surface area contributed by atoms with E-state index < -0.39 is 10.7 Å². The molecule has 1 saturated heterocycles. The summed E-state index contributed by atoms with van der Waals surface area (Å²) in [6, 6.07) is 2.71. The number of hydrogen-bond donors (Lipinski definition) is 1. The van der Waals surface area contributed by atoms with Crippen molar-refractivity contribution in [3.05, 3.63) is 32.5 Å². The largest absolute Gasteiger partial charge is 0.360 e. The smallest absolute Gasteiger partial charge is 0.295 e. The molecule has 1 aliphatic heterocycles. The van der Waals surface area contributed by atoms with E-state index >= 15 is 0 Å². The molecule has 7 heteroatoms. The van der Waals surface area contributed by atoms with Crippen LogP contribution in [0.3, 0.4) is 0 Å². The van der Waals surface area contributed by atoms with E-state index in [9.17, 15) is 14.5 Å². The van der Waals surface area contributed by atoms with Gasteiger partial charge in [-0.05, 0) is 28.4 Å². The molecular weight excluding hydrogens is 317 g/mol. The zero-order valence-corrected chi connectivity index (χ0v) is 12.1. The Morgan fingerprint density at radius 3 is 2.74 bits per heavy atom. The van der Waals surface area contributed by atoms with Crippen LogP contribution in [0.15, 0.2) is 16.6 Å². The van der Waals surface area contributed by atoms with Gasteiger partial charge in [0, 0.05) is 19.6 Å². The SMILES string of the molecule is CCCN(c1cc(Br)c(F)cc1[N+](=O)[O-])C1CNC1. The minimum absolute atomic E-state index is 0.180. The Bertz CT molecular complexity index is 494. The van der Waals surface area contributed by atoms with Gasteiger partial charge in [-0.1, -0.05) is 6.92 Å². The van der Waals surface area contributed by atoms with E-state index in [1.165, 1.54) is 6.07 Å². The zero-order chi connectivity index (χ0) is 14.0. The summed E-state index contributed by atoms with van der Waals surface area (Å²) < 4.78 is 13.7. The summed E-state index contributed by atoms with van der Waals surface area (Å²) in [5, 5.41) is 14.3. The number of halogens is 2. The third-order valence-corrected chi connectivity index (χ3v) is 3.80. The number of nitrogens with one attached hydrogen (secondary N) is 1. The molecule has 0 amide bonds. The molecule has 0 aliphatic carbocycles. The highest BCUT2D eigenvalue weighted by Crippen LogP contribution is 2.35. The van der Waals surface area contributed by atoms with E-state index in [4.69, 9.17) is 0 Å². The Kier molecular flexibility index (Phi) is 4.36. The first kappa shape index (κ1) is 14.2. The summed E-state index contributed by atoms with van der Waals surface area (Å²) >= 11 is 3.10. The zero-order valence-electron chi connectivity index (χ0n) is 10.5. The normalized spacial score (nSPS) is 15.1. The summed E-state index contributed by atoms with van der Waals surface area (Å²) in [7, 11) is 0. The van der Waals surface area contributed by atoms with Gasteiger partial charge >= 0.3 is 0 Å². The van der Waals surface area contributed by atoms with Crippen molar-refractivity contribution >= 4 is 27.3 Å². The molecule has 1 aliphatic rings. The number of benzene rings is 1. The van der Waals surface area contributed by atoms with Crippen molar-refractivity contribution in [2.75, 3.05) is 24.5 Å². The molecule has 5 nitrogen and oxygen atoms in total. The van der Waals surface area contributed by atoms with E-state index in [1.807, 2.05) is 11.8 Å². The third kappa shape index (κ3) is 2.87. The van der Waals surface area contributed by atoms with Gasteiger partial charge in [0.25, 0.3) is 5.69 Å². The number of nitrogens with zero attached hydrogens (tertiary/aromatic N) is 2. The fourth-order valence-corrected chi connectivity index (χ4v) is 2.47. The van der Waals surface area contributed by atoms with Gasteiger partial charge in [-0.15, -0.1) is 0 Å². The monoisotopic (exact) mass is 331 g/mol. The average molecular weight is 332 g/mol. The van der Waals surface area contributed by atoms with Gasteiger partial charge in [-0.3, -0.25) is 10.1 Å². The Morgan fingerprint density at radius 1 is 1.58 bits per heavy atom. The Balaban J connectivity index is 2.44. The minimum atomic E-state index is -0.612. The molecule has 0 aromatic heterocycles. The van der Waals surface area contributed by atoms with Crippen molar-refractivity contribution in [1.29, 1.82) is 0 Å². The molecule has 1 aromatic carbocycles. The van der Waals surface area contributed by atoms with Crippen LogP contribution in [0.25, 0.3) is 0 Å². The molecule has 0 atom stereocenters. The van der Waals surface area contributed by atoms with Crippen molar-refractivity contribution in [2.45, 2.75) is 19.4 Å². The second-order valence-corrected chi connectivity index (χ2v) is 5.37. The number of anilines is 1. The average Bonchev–Trinajstić information content (AvgIpc) is 2.29. The fourth-order valence-electron chi connectivity index (χ4n) is 2.14. The number of nitro groups is 1. The predicted molar refractivity (Wildman–Crippen MR) is 75.0 cm³/mol. The molecule has 19 heavy (non-hydrogen) atoms. The molecule has 0 radical (unpaired) electrons. The van der Waals surface area contributed by atoms with Gasteiger partial charge in [0.1, 0.15) is 11.5 Å². The van der Waals surface area contributed by atoms with Crippen LogP contribution in [0.4, 0.5) is 15.8 Å². The van der Waals surface area contributed by atoms with E-state index in [2.05, 4.69) is 21.2 Å². The molecule has 2 rings (SSSR count). The maximum absolute atomic E-state index is 13.5. The van der Waals surface area contributed by atoms with Crippen molar-refractivity contribution < 1.29 is 9.31 Å². The highest BCUT2D eigenvalue weighted by Gasteiger charge is 2.30. The summed E-state index contributed by atoms with van der Waals surface area (Å²) in [6.07, 6.45) is 0.878. The molecular formula is C12H15BrFN3O2. The van der Waals surface area contributed by atoms with E-state index in [0.717, 1.165) is 25.6 Å². The summed E-state index contributed by atoms with van der Waals surface area (Å²) in [4.78, 5) is 12.6. The van der Waals surface area contributed by atoms with Crippen LogP contribution >= 0.6 is 15.9 Å². The lowest BCUT2D eigenvalue weighted by Crippen LogP contribution is -2.57. The Morgan fingerprint density at radius 2 is 2.26 bits per heavy atom. The van der Waals surface area contributed by atoms with Crippen LogP contribution in [0.1, 0.15) is 13.3 Å². The molecule has 1 heterocycles. The quantitative estimate of drug-likeness (QED) is 0.665. The highest BCUT2D eigenvalue weighted by atomic mass is 79.9. The molecule has 0 bridgehead atoms. The first-order valence-corrected chi connectivity index (χ1v) is 6.94. The third-order valence-electron chi connectivity index (χ3n) is 3.19. The van der Waals surface area contributed by atoms with Crippen LogP contribution < -0.4 is 10.2 Å². The van der Waals surface area contributed by atoms with Gasteiger partial charge in [-0.25, -0.2) is 4.39 Å². The molecule has 104 valence electrons. The summed E-state index contributed by atoms with van der Waals surface area (Å²) in [5.41, 5.74) is 0.299. The number of rotatable bonds is 5. The van der Waals surface area contributed by atoms with Gasteiger partial charge in [0.2, 0.25) is 0 Å². The molecule has 0 spiro atoms. The van der Waals surface area contributed by atoms with Crippen molar-refractivity contribution in [2.24, 2.45) is 0 Å². The van der Waals surface area contributed by atoms with E-state index in [1.54, 1.807) is 0 Å². The van der Waals surface area contributed by atoms with Crippen molar-refractivity contribution in [3.63, 3.8) is 0 Å². The van der Waals surface area contributed by atoms with Crippen LogP contribution in [-0.2, 0) is 0 Å². The first-order valence-electron chi connectivity index (χ1n) is 6.15. The van der Waals surface area contributed by atoms with Crippen molar-refractivity contribution in [1.82, 2.24) is 5.32 Å². The van der Waals surface area contributed by atoms with E-state index in [0.29, 0.717) is 12.2 Å². The highest BCUT2D eigenvalue weighted by molar-refractivity contribution is 9.10. The standard InChI is InChI=1S/C12H15BrFN3O2/c1-2-3-16(8-6-15-7-8)11-4-9(13)10(14)5-12(11)17(18)19/h4-5,8,15H,2-3,6-7H2,1H3. The predicted octanol–water partition coefficient (Wildman–Crippen LogP) is 2.68. The van der Waals surface area contributed by atoms with Crippen LogP contribution in [0, 0.1) is 15.9 Å². The lowest BCUT2D eigenvalue weighted by Gasteiger charge is -2.39. The number of hydrogen-bond acceptors (Lipinski definition) is 4. The lowest BCUT2D eigenvalue weighted by molar-refractivity contribution is -0.384. The summed E-state index contributed by atoms with van der Waals surface area (Å²) in [5.74, 6) is -0.612. The maximum Gasteiger partial charge on any atom is 0.295 e. The van der Waals surface area contributed by atoms with Crippen molar-refractivity contribution in [3.8, 4) is 0 Å². The van der Waals surface area contributed by atoms with Crippen LogP contribution in [0.5, 0.6) is 0 Å². The lowest BCUT2D eigenvalue weighted by atomic mass is 10.1. The molecule has 1 fully saturated rings. The van der Waals surface area contributed by atoms with Gasteiger partial charge in [0.05, 0.1) is 21.5 Å². The topological polar surface area (TPSA) is 58.4 Å². The van der Waals surface area contributed by atoms with Gasteiger partial charge < -0.3 is 10.2 Å². The fraction of sp³-hybridized carbons (Fsp3) is 0.500. The second-order valence-electron chi connectivity index (χ2n) is 4.52. The minimum Gasteiger partial charge on any atom is -0.360 e. The molecule has 0 unspecified atom stereocenters.